The standard InChI is InChI=1S/C17H20N2O4/c20-12-18-5-7-19(8-6-18)16(21)17(3-4-17)13-1-2-14-15(11-13)23-10-9-22-14/h1-2,11-12H,3-10H2. The summed E-state index contributed by atoms with van der Waals surface area (Å²) in [6.45, 7) is 3.58. The molecule has 0 N–H and O–H groups in total. The topological polar surface area (TPSA) is 59.1 Å². The van der Waals surface area contributed by atoms with E-state index in [0.717, 1.165) is 36.3 Å². The van der Waals surface area contributed by atoms with Gasteiger partial charge in [0.1, 0.15) is 13.2 Å². The lowest BCUT2D eigenvalue weighted by Gasteiger charge is -2.35. The molecule has 0 bridgehead atoms. The molecule has 2 heterocycles. The largest absolute Gasteiger partial charge is 0.486 e. The minimum absolute atomic E-state index is 0.180. The maximum Gasteiger partial charge on any atom is 0.233 e. The van der Waals surface area contributed by atoms with Crippen molar-refractivity contribution >= 4 is 12.3 Å². The van der Waals surface area contributed by atoms with E-state index in [9.17, 15) is 9.59 Å². The third kappa shape index (κ3) is 2.42. The summed E-state index contributed by atoms with van der Waals surface area (Å²) in [5, 5.41) is 0. The van der Waals surface area contributed by atoms with Gasteiger partial charge in [-0.3, -0.25) is 9.59 Å². The second-order valence-electron chi connectivity index (χ2n) is 6.37. The van der Waals surface area contributed by atoms with Crippen LogP contribution in [0, 0.1) is 0 Å². The smallest absolute Gasteiger partial charge is 0.233 e. The number of fused-ring (bicyclic) bond motifs is 1. The Kier molecular flexibility index (Phi) is 3.39. The molecule has 122 valence electrons. The first-order valence-electron chi connectivity index (χ1n) is 8.12. The third-order valence-corrected chi connectivity index (χ3v) is 5.00. The van der Waals surface area contributed by atoms with Crippen molar-refractivity contribution in [3.8, 4) is 11.5 Å². The zero-order valence-corrected chi connectivity index (χ0v) is 13.0. The molecule has 0 unspecified atom stereocenters. The minimum atomic E-state index is -0.404. The van der Waals surface area contributed by atoms with Gasteiger partial charge >= 0.3 is 0 Å². The van der Waals surface area contributed by atoms with Gasteiger partial charge in [0, 0.05) is 26.2 Å². The molecule has 1 aliphatic carbocycles. The van der Waals surface area contributed by atoms with Crippen LogP contribution in [-0.2, 0) is 15.0 Å². The Labute approximate surface area is 134 Å². The van der Waals surface area contributed by atoms with E-state index in [4.69, 9.17) is 9.47 Å². The molecule has 0 atom stereocenters. The molecule has 3 aliphatic rings. The van der Waals surface area contributed by atoms with Crippen molar-refractivity contribution in [1.82, 2.24) is 9.80 Å². The summed E-state index contributed by atoms with van der Waals surface area (Å²) in [5.41, 5.74) is 0.615. The fourth-order valence-electron chi connectivity index (χ4n) is 3.43. The predicted octanol–water partition coefficient (Wildman–Crippen LogP) is 0.790. The summed E-state index contributed by atoms with van der Waals surface area (Å²) in [5.74, 6) is 1.67. The van der Waals surface area contributed by atoms with Gasteiger partial charge in [-0.1, -0.05) is 6.07 Å². The van der Waals surface area contributed by atoms with Crippen LogP contribution in [0.5, 0.6) is 11.5 Å². The summed E-state index contributed by atoms with van der Waals surface area (Å²) < 4.78 is 11.2. The average molecular weight is 316 g/mol. The Morgan fingerprint density at radius 1 is 1.04 bits per heavy atom. The maximum absolute atomic E-state index is 13.0. The fourth-order valence-corrected chi connectivity index (χ4v) is 3.43. The van der Waals surface area contributed by atoms with Crippen LogP contribution >= 0.6 is 0 Å². The first-order valence-corrected chi connectivity index (χ1v) is 8.12. The molecule has 1 saturated carbocycles. The summed E-state index contributed by atoms with van der Waals surface area (Å²) in [7, 11) is 0. The Morgan fingerprint density at radius 2 is 1.74 bits per heavy atom. The number of piperazine rings is 1. The van der Waals surface area contributed by atoms with Gasteiger partial charge in [-0.05, 0) is 30.5 Å². The second-order valence-corrected chi connectivity index (χ2v) is 6.37. The van der Waals surface area contributed by atoms with E-state index in [1.165, 1.54) is 0 Å². The first kappa shape index (κ1) is 14.4. The number of hydrogen-bond donors (Lipinski definition) is 0. The Bertz CT molecular complexity index is 633. The molecular weight excluding hydrogens is 296 g/mol. The molecule has 2 amide bonds. The van der Waals surface area contributed by atoms with Crippen LogP contribution in [0.25, 0.3) is 0 Å². The van der Waals surface area contributed by atoms with Gasteiger partial charge in [-0.2, -0.15) is 0 Å². The number of nitrogens with zero attached hydrogens (tertiary/aromatic N) is 2. The highest BCUT2D eigenvalue weighted by Crippen LogP contribution is 2.51. The molecule has 0 spiro atoms. The Morgan fingerprint density at radius 3 is 2.39 bits per heavy atom. The van der Waals surface area contributed by atoms with Crippen molar-refractivity contribution in [2.24, 2.45) is 0 Å². The van der Waals surface area contributed by atoms with E-state index in [1.807, 2.05) is 23.1 Å². The highest BCUT2D eigenvalue weighted by molar-refractivity contribution is 5.91. The number of amides is 2. The number of ether oxygens (including phenoxy) is 2. The molecule has 2 fully saturated rings. The summed E-state index contributed by atoms with van der Waals surface area (Å²) >= 11 is 0. The van der Waals surface area contributed by atoms with Gasteiger partial charge in [-0.15, -0.1) is 0 Å². The summed E-state index contributed by atoms with van der Waals surface area (Å²) in [4.78, 5) is 27.4. The number of benzene rings is 1. The minimum Gasteiger partial charge on any atom is -0.486 e. The monoisotopic (exact) mass is 316 g/mol. The molecule has 2 aliphatic heterocycles. The normalized spacial score (nSPS) is 21.7. The van der Waals surface area contributed by atoms with Crippen molar-refractivity contribution in [2.75, 3.05) is 39.4 Å². The molecule has 1 aromatic carbocycles. The molecule has 6 heteroatoms. The van der Waals surface area contributed by atoms with Crippen molar-refractivity contribution in [2.45, 2.75) is 18.3 Å². The van der Waals surface area contributed by atoms with E-state index in [0.29, 0.717) is 39.4 Å². The van der Waals surface area contributed by atoms with Crippen molar-refractivity contribution in [1.29, 1.82) is 0 Å². The van der Waals surface area contributed by atoms with E-state index >= 15 is 0 Å². The van der Waals surface area contributed by atoms with Crippen LogP contribution in [-0.4, -0.2) is 61.5 Å². The second kappa shape index (κ2) is 5.44. The number of carbonyl (C=O) groups is 2. The van der Waals surface area contributed by atoms with Gasteiger partial charge in [-0.25, -0.2) is 0 Å². The van der Waals surface area contributed by atoms with Gasteiger partial charge in [0.05, 0.1) is 5.41 Å². The van der Waals surface area contributed by atoms with Crippen molar-refractivity contribution in [3.63, 3.8) is 0 Å². The summed E-state index contributed by atoms with van der Waals surface area (Å²) in [6.07, 6.45) is 2.61. The van der Waals surface area contributed by atoms with Crippen LogP contribution in [0.15, 0.2) is 18.2 Å². The number of hydrogen-bond acceptors (Lipinski definition) is 4. The van der Waals surface area contributed by atoms with Crippen LogP contribution < -0.4 is 9.47 Å². The number of rotatable bonds is 3. The molecule has 1 saturated heterocycles. The highest BCUT2D eigenvalue weighted by Gasteiger charge is 2.53. The zero-order chi connectivity index (χ0) is 15.9. The number of carbonyl (C=O) groups excluding carboxylic acids is 2. The van der Waals surface area contributed by atoms with E-state index in [1.54, 1.807) is 4.90 Å². The lowest BCUT2D eigenvalue weighted by Crippen LogP contribution is -2.51. The molecule has 6 nitrogen and oxygen atoms in total. The Hall–Kier alpha value is -2.24. The van der Waals surface area contributed by atoms with Gasteiger partial charge < -0.3 is 19.3 Å². The van der Waals surface area contributed by atoms with Crippen LogP contribution in [0.2, 0.25) is 0 Å². The van der Waals surface area contributed by atoms with Crippen molar-refractivity contribution < 1.29 is 19.1 Å². The first-order chi connectivity index (χ1) is 11.2. The summed E-state index contributed by atoms with van der Waals surface area (Å²) in [6, 6.07) is 5.85. The van der Waals surface area contributed by atoms with Crippen LogP contribution in [0.1, 0.15) is 18.4 Å². The van der Waals surface area contributed by atoms with Crippen LogP contribution in [0.3, 0.4) is 0 Å². The van der Waals surface area contributed by atoms with E-state index in [2.05, 4.69) is 0 Å². The third-order valence-electron chi connectivity index (χ3n) is 5.00. The average Bonchev–Trinajstić information content (AvgIpc) is 3.43. The van der Waals surface area contributed by atoms with Crippen LogP contribution in [0.4, 0.5) is 0 Å². The van der Waals surface area contributed by atoms with Gasteiger partial charge in [0.2, 0.25) is 12.3 Å². The quantitative estimate of drug-likeness (QED) is 0.774. The van der Waals surface area contributed by atoms with Gasteiger partial charge in [0.25, 0.3) is 0 Å². The Balaban J connectivity index is 1.54. The lowest BCUT2D eigenvalue weighted by molar-refractivity contribution is -0.137. The fraction of sp³-hybridized carbons (Fsp3) is 0.529. The molecule has 0 radical (unpaired) electrons. The lowest BCUT2D eigenvalue weighted by atomic mass is 9.93. The van der Waals surface area contributed by atoms with E-state index < -0.39 is 5.41 Å². The molecule has 23 heavy (non-hydrogen) atoms. The maximum atomic E-state index is 13.0. The zero-order valence-electron chi connectivity index (χ0n) is 13.0. The van der Waals surface area contributed by atoms with Gasteiger partial charge in [0.15, 0.2) is 11.5 Å². The molecular formula is C17H20N2O4. The predicted molar refractivity (Wildman–Crippen MR) is 82.6 cm³/mol. The van der Waals surface area contributed by atoms with Crippen molar-refractivity contribution in [3.05, 3.63) is 23.8 Å². The molecule has 0 aromatic heterocycles. The highest BCUT2D eigenvalue weighted by atomic mass is 16.6. The van der Waals surface area contributed by atoms with E-state index in [-0.39, 0.29) is 5.91 Å². The molecule has 1 aromatic rings. The molecule has 4 rings (SSSR count). The SMILES string of the molecule is O=CN1CCN(C(=O)C2(c3ccc4c(c3)OCCO4)CC2)CC1.